The van der Waals surface area contributed by atoms with E-state index in [1.807, 2.05) is 24.3 Å². The second-order valence-corrected chi connectivity index (χ2v) is 7.62. The van der Waals surface area contributed by atoms with Crippen molar-refractivity contribution < 1.29 is 9.53 Å². The summed E-state index contributed by atoms with van der Waals surface area (Å²) < 4.78 is 7.96. The van der Waals surface area contributed by atoms with Crippen LogP contribution in [0.25, 0.3) is 22.4 Å². The minimum atomic E-state index is -0.432. The predicted molar refractivity (Wildman–Crippen MR) is 107 cm³/mol. The molecule has 0 aliphatic carbocycles. The molecule has 0 N–H and O–H groups in total. The van der Waals surface area contributed by atoms with Gasteiger partial charge >= 0.3 is 5.97 Å². The van der Waals surface area contributed by atoms with Crippen LogP contribution in [0.4, 0.5) is 0 Å². The Morgan fingerprint density at radius 3 is 2.78 bits per heavy atom. The topological polar surface area (TPSA) is 73.6 Å². The quantitative estimate of drug-likeness (QED) is 0.360. The lowest BCUT2D eigenvalue weighted by molar-refractivity contribution is -0.131. The molecule has 2 aromatic heterocycles. The second kappa shape index (κ2) is 7.05. The van der Waals surface area contributed by atoms with E-state index in [4.69, 9.17) is 4.74 Å². The number of para-hydroxylation sites is 1. The first-order valence-electron chi connectivity index (χ1n) is 7.96. The highest BCUT2D eigenvalue weighted by Gasteiger charge is 2.16. The van der Waals surface area contributed by atoms with Crippen molar-refractivity contribution in [1.82, 2.24) is 14.6 Å². The standard InChI is InChI=1S/C19H12BrN3O3S/c1-11(24)26-15-8-3-2-7-14(15)17-21-19-23(22-17)18(25)16(27-19)10-12-5-4-6-13(20)9-12/h2-10H,1H3/b16-10-. The molecule has 4 rings (SSSR count). The molecule has 134 valence electrons. The Morgan fingerprint density at radius 2 is 2.04 bits per heavy atom. The van der Waals surface area contributed by atoms with Crippen LogP contribution in [-0.4, -0.2) is 20.6 Å². The van der Waals surface area contributed by atoms with Crippen LogP contribution in [0, 0.1) is 0 Å². The van der Waals surface area contributed by atoms with Gasteiger partial charge in [-0.25, -0.2) is 0 Å². The molecule has 0 bridgehead atoms. The Kier molecular flexibility index (Phi) is 4.59. The first-order chi connectivity index (χ1) is 13.0. The van der Waals surface area contributed by atoms with Crippen molar-refractivity contribution in [3.8, 4) is 17.1 Å². The lowest BCUT2D eigenvalue weighted by Gasteiger charge is -2.04. The Labute approximate surface area is 165 Å². The Balaban J connectivity index is 1.80. The van der Waals surface area contributed by atoms with Crippen LogP contribution in [0.5, 0.6) is 5.75 Å². The summed E-state index contributed by atoms with van der Waals surface area (Å²) in [6.45, 7) is 1.33. The van der Waals surface area contributed by atoms with E-state index < -0.39 is 5.97 Å². The van der Waals surface area contributed by atoms with Crippen molar-refractivity contribution in [2.45, 2.75) is 6.92 Å². The van der Waals surface area contributed by atoms with Gasteiger partial charge in [0.05, 0.1) is 10.1 Å². The summed E-state index contributed by atoms with van der Waals surface area (Å²) in [5, 5.41) is 4.31. The number of thiazole rings is 1. The second-order valence-electron chi connectivity index (χ2n) is 5.69. The maximum atomic E-state index is 12.7. The fourth-order valence-corrected chi connectivity index (χ4v) is 3.92. The minimum Gasteiger partial charge on any atom is -0.426 e. The number of aromatic nitrogens is 3. The third-order valence-corrected chi connectivity index (χ3v) is 5.16. The summed E-state index contributed by atoms with van der Waals surface area (Å²) in [5.74, 6) is 0.264. The molecule has 4 aromatic rings. The molecule has 6 nitrogen and oxygen atoms in total. The molecular weight excluding hydrogens is 430 g/mol. The maximum Gasteiger partial charge on any atom is 0.308 e. The zero-order chi connectivity index (χ0) is 19.0. The van der Waals surface area contributed by atoms with Crippen molar-refractivity contribution in [1.29, 1.82) is 0 Å². The molecule has 0 radical (unpaired) electrons. The molecule has 0 aliphatic rings. The zero-order valence-corrected chi connectivity index (χ0v) is 16.5. The smallest absolute Gasteiger partial charge is 0.308 e. The molecule has 0 fully saturated rings. The first kappa shape index (κ1) is 17.6. The minimum absolute atomic E-state index is 0.237. The van der Waals surface area contributed by atoms with Gasteiger partial charge in [0, 0.05) is 11.4 Å². The van der Waals surface area contributed by atoms with Crippen molar-refractivity contribution >= 4 is 44.3 Å². The van der Waals surface area contributed by atoms with Crippen molar-refractivity contribution in [3.05, 3.63) is 73.5 Å². The van der Waals surface area contributed by atoms with Crippen molar-refractivity contribution in [3.63, 3.8) is 0 Å². The van der Waals surface area contributed by atoms with Crippen molar-refractivity contribution in [2.24, 2.45) is 0 Å². The third-order valence-electron chi connectivity index (χ3n) is 3.71. The number of fused-ring (bicyclic) bond motifs is 1. The van der Waals surface area contributed by atoms with Crippen LogP contribution in [0.1, 0.15) is 12.5 Å². The van der Waals surface area contributed by atoms with E-state index in [-0.39, 0.29) is 5.56 Å². The van der Waals surface area contributed by atoms with Gasteiger partial charge in [-0.1, -0.05) is 51.5 Å². The highest BCUT2D eigenvalue weighted by molar-refractivity contribution is 9.10. The Hall–Kier alpha value is -2.84. The summed E-state index contributed by atoms with van der Waals surface area (Å²) in [6.07, 6.45) is 1.81. The maximum absolute atomic E-state index is 12.7. The molecule has 0 saturated heterocycles. The number of hydrogen-bond acceptors (Lipinski definition) is 6. The normalized spacial score (nSPS) is 11.9. The number of nitrogens with zero attached hydrogens (tertiary/aromatic N) is 3. The Bertz CT molecular complexity index is 1280. The predicted octanol–water partition coefficient (Wildman–Crippen LogP) is 3.05. The zero-order valence-electron chi connectivity index (χ0n) is 14.0. The number of esters is 1. The number of rotatable bonds is 3. The van der Waals surface area contributed by atoms with Crippen LogP contribution >= 0.6 is 27.3 Å². The number of carbonyl (C=O) groups is 1. The largest absolute Gasteiger partial charge is 0.426 e. The molecule has 0 aliphatic heterocycles. The van der Waals surface area contributed by atoms with Crippen LogP contribution < -0.4 is 14.8 Å². The van der Waals surface area contributed by atoms with Crippen LogP contribution in [0.15, 0.2) is 57.8 Å². The number of hydrogen-bond donors (Lipinski definition) is 0. The molecular formula is C19H12BrN3O3S. The van der Waals surface area contributed by atoms with Crippen LogP contribution in [0.3, 0.4) is 0 Å². The van der Waals surface area contributed by atoms with Gasteiger partial charge in [-0.15, -0.1) is 5.10 Å². The van der Waals surface area contributed by atoms with Gasteiger partial charge in [0.15, 0.2) is 5.82 Å². The average molecular weight is 442 g/mol. The fourth-order valence-electron chi connectivity index (χ4n) is 2.59. The van der Waals surface area contributed by atoms with E-state index in [0.29, 0.717) is 26.6 Å². The average Bonchev–Trinajstić information content (AvgIpc) is 3.15. The van der Waals surface area contributed by atoms with Gasteiger partial charge in [0.1, 0.15) is 5.75 Å². The molecule has 0 saturated carbocycles. The summed E-state index contributed by atoms with van der Waals surface area (Å²) in [6, 6.07) is 14.6. The van der Waals surface area contributed by atoms with Gasteiger partial charge in [0.2, 0.25) is 4.96 Å². The van der Waals surface area contributed by atoms with E-state index in [1.54, 1.807) is 30.3 Å². The summed E-state index contributed by atoms with van der Waals surface area (Å²) in [4.78, 5) is 28.9. The van der Waals surface area contributed by atoms with Crippen LogP contribution in [-0.2, 0) is 4.79 Å². The number of halogens is 1. The van der Waals surface area contributed by atoms with Crippen LogP contribution in [0.2, 0.25) is 0 Å². The monoisotopic (exact) mass is 441 g/mol. The number of carbonyl (C=O) groups excluding carboxylic acids is 1. The van der Waals surface area contributed by atoms with E-state index in [1.165, 1.54) is 22.8 Å². The van der Waals surface area contributed by atoms with Crippen molar-refractivity contribution in [2.75, 3.05) is 0 Å². The number of benzene rings is 2. The summed E-state index contributed by atoms with van der Waals surface area (Å²) in [5.41, 5.74) is 1.23. The van der Waals surface area contributed by atoms with Gasteiger partial charge < -0.3 is 4.74 Å². The molecule has 2 aromatic carbocycles. The third kappa shape index (κ3) is 3.54. The highest BCUT2D eigenvalue weighted by atomic mass is 79.9. The van der Waals surface area contributed by atoms with E-state index in [2.05, 4.69) is 26.0 Å². The molecule has 0 unspecified atom stereocenters. The summed E-state index contributed by atoms with van der Waals surface area (Å²) in [7, 11) is 0. The van der Waals surface area contributed by atoms with Gasteiger partial charge in [0.25, 0.3) is 5.56 Å². The lowest BCUT2D eigenvalue weighted by Crippen LogP contribution is -2.23. The van der Waals surface area contributed by atoms with Gasteiger partial charge in [-0.05, 0) is 35.9 Å². The van der Waals surface area contributed by atoms with E-state index in [0.717, 1.165) is 10.0 Å². The molecule has 8 heteroatoms. The molecule has 2 heterocycles. The molecule has 27 heavy (non-hydrogen) atoms. The van der Waals surface area contributed by atoms with Gasteiger partial charge in [-0.2, -0.15) is 9.50 Å². The highest BCUT2D eigenvalue weighted by Crippen LogP contribution is 2.27. The van der Waals surface area contributed by atoms with E-state index >= 15 is 0 Å². The molecule has 0 atom stereocenters. The molecule has 0 amide bonds. The SMILES string of the molecule is CC(=O)Oc1ccccc1-c1nc2s/c(=C\c3cccc(Br)c3)c(=O)n2n1. The number of ether oxygens (including phenoxy) is 1. The van der Waals surface area contributed by atoms with E-state index in [9.17, 15) is 9.59 Å². The lowest BCUT2D eigenvalue weighted by atomic mass is 10.2. The van der Waals surface area contributed by atoms with Gasteiger partial charge in [-0.3, -0.25) is 9.59 Å². The summed E-state index contributed by atoms with van der Waals surface area (Å²) >= 11 is 4.68. The molecule has 0 spiro atoms. The first-order valence-corrected chi connectivity index (χ1v) is 9.57. The fraction of sp³-hybridized carbons (Fsp3) is 0.0526. The Morgan fingerprint density at radius 1 is 1.22 bits per heavy atom.